The molecule has 0 aromatic heterocycles. The first kappa shape index (κ1) is 18.7. The van der Waals surface area contributed by atoms with E-state index in [0.29, 0.717) is 5.02 Å². The number of hydrogen-bond donors (Lipinski definition) is 1. The molecule has 1 amide bonds. The molecule has 0 aliphatic heterocycles. The first-order valence-corrected chi connectivity index (χ1v) is 8.86. The van der Waals surface area contributed by atoms with Gasteiger partial charge in [0.2, 0.25) is 15.9 Å². The maximum Gasteiger partial charge on any atom is 0.243 e. The van der Waals surface area contributed by atoms with E-state index in [4.69, 9.17) is 23.2 Å². The SMILES string of the molecule is CN(CC(=O)Nc1cc(Cl)ccc1F)S(=O)(=O)c1ccc(Cl)cc1. The molecule has 0 fully saturated rings. The second-order valence-electron chi connectivity index (χ2n) is 4.89. The van der Waals surface area contributed by atoms with E-state index in [1.54, 1.807) is 0 Å². The lowest BCUT2D eigenvalue weighted by atomic mass is 10.3. The fourth-order valence-corrected chi connectivity index (χ4v) is 3.28. The Labute approximate surface area is 149 Å². The summed E-state index contributed by atoms with van der Waals surface area (Å²) in [6.45, 7) is -0.489. The summed E-state index contributed by atoms with van der Waals surface area (Å²) in [4.78, 5) is 12.0. The van der Waals surface area contributed by atoms with Crippen molar-refractivity contribution in [2.75, 3.05) is 18.9 Å². The zero-order valence-corrected chi connectivity index (χ0v) is 14.8. The number of rotatable bonds is 5. The number of hydrogen-bond acceptors (Lipinski definition) is 3. The van der Waals surface area contributed by atoms with Crippen LogP contribution in [0, 0.1) is 5.82 Å². The van der Waals surface area contributed by atoms with Gasteiger partial charge in [-0.25, -0.2) is 12.8 Å². The molecular formula is C15H13Cl2FN2O3S. The molecule has 1 N–H and O–H groups in total. The van der Waals surface area contributed by atoms with Gasteiger partial charge in [-0.15, -0.1) is 0 Å². The minimum atomic E-state index is -3.87. The highest BCUT2D eigenvalue weighted by Gasteiger charge is 2.23. The van der Waals surface area contributed by atoms with E-state index < -0.39 is 28.3 Å². The Balaban J connectivity index is 2.10. The maximum atomic E-state index is 13.6. The predicted molar refractivity (Wildman–Crippen MR) is 91.3 cm³/mol. The van der Waals surface area contributed by atoms with Gasteiger partial charge in [0, 0.05) is 17.1 Å². The first-order chi connectivity index (χ1) is 11.2. The lowest BCUT2D eigenvalue weighted by molar-refractivity contribution is -0.116. The molecule has 0 bridgehead atoms. The van der Waals surface area contributed by atoms with Crippen molar-refractivity contribution in [3.63, 3.8) is 0 Å². The van der Waals surface area contributed by atoms with Crippen molar-refractivity contribution in [2.45, 2.75) is 4.90 Å². The molecule has 0 atom stereocenters. The zero-order chi connectivity index (χ0) is 17.9. The third-order valence-electron chi connectivity index (χ3n) is 3.09. The number of halogens is 3. The number of likely N-dealkylation sites (N-methyl/N-ethyl adjacent to an activating group) is 1. The monoisotopic (exact) mass is 390 g/mol. The van der Waals surface area contributed by atoms with Gasteiger partial charge < -0.3 is 5.32 Å². The van der Waals surface area contributed by atoms with Gasteiger partial charge >= 0.3 is 0 Å². The number of carbonyl (C=O) groups is 1. The van der Waals surface area contributed by atoms with Crippen LogP contribution in [0.3, 0.4) is 0 Å². The van der Waals surface area contributed by atoms with Gasteiger partial charge in [-0.2, -0.15) is 4.31 Å². The number of nitrogens with zero attached hydrogens (tertiary/aromatic N) is 1. The van der Waals surface area contributed by atoms with E-state index in [2.05, 4.69) is 5.32 Å². The molecule has 2 rings (SSSR count). The minimum absolute atomic E-state index is 0.00358. The number of benzene rings is 2. The van der Waals surface area contributed by atoms with Crippen LogP contribution in [-0.4, -0.2) is 32.2 Å². The van der Waals surface area contributed by atoms with Crippen LogP contribution in [0.25, 0.3) is 0 Å². The second kappa shape index (κ2) is 7.48. The molecule has 9 heteroatoms. The van der Waals surface area contributed by atoms with Gasteiger partial charge in [0.05, 0.1) is 17.1 Å². The van der Waals surface area contributed by atoms with Gasteiger partial charge in [0.1, 0.15) is 5.82 Å². The van der Waals surface area contributed by atoms with Gasteiger partial charge in [0.15, 0.2) is 0 Å². The summed E-state index contributed by atoms with van der Waals surface area (Å²) in [5, 5.41) is 2.93. The molecule has 0 unspecified atom stereocenters. The lowest BCUT2D eigenvalue weighted by Gasteiger charge is -2.17. The van der Waals surface area contributed by atoms with Crippen LogP contribution in [0.2, 0.25) is 10.0 Å². The van der Waals surface area contributed by atoms with Crippen molar-refractivity contribution in [2.24, 2.45) is 0 Å². The predicted octanol–water partition coefficient (Wildman–Crippen LogP) is 3.39. The van der Waals surface area contributed by atoms with Crippen molar-refractivity contribution in [3.8, 4) is 0 Å². The molecule has 128 valence electrons. The molecule has 2 aromatic carbocycles. The van der Waals surface area contributed by atoms with E-state index in [-0.39, 0.29) is 15.6 Å². The Morgan fingerprint density at radius 3 is 2.33 bits per heavy atom. The zero-order valence-electron chi connectivity index (χ0n) is 12.5. The van der Waals surface area contributed by atoms with E-state index in [1.165, 1.54) is 43.4 Å². The number of anilines is 1. The standard InChI is InChI=1S/C15H13Cl2FN2O3S/c1-20(24(22,23)12-5-2-10(16)3-6-12)9-15(21)19-14-8-11(17)4-7-13(14)18/h2-8H,9H2,1H3,(H,19,21). The topological polar surface area (TPSA) is 66.5 Å². The summed E-state index contributed by atoms with van der Waals surface area (Å²) in [5.74, 6) is -1.37. The Bertz CT molecular complexity index is 858. The summed E-state index contributed by atoms with van der Waals surface area (Å²) in [7, 11) is -2.62. The summed E-state index contributed by atoms with van der Waals surface area (Å²) < 4.78 is 39.2. The molecule has 0 saturated heterocycles. The molecule has 0 saturated carbocycles. The van der Waals surface area contributed by atoms with E-state index in [0.717, 1.165) is 10.4 Å². The molecule has 2 aromatic rings. The van der Waals surface area contributed by atoms with Crippen molar-refractivity contribution >= 4 is 44.8 Å². The molecule has 0 radical (unpaired) electrons. The van der Waals surface area contributed by atoms with E-state index in [9.17, 15) is 17.6 Å². The van der Waals surface area contributed by atoms with Crippen LogP contribution in [0.1, 0.15) is 0 Å². The van der Waals surface area contributed by atoms with Crippen molar-refractivity contribution in [3.05, 3.63) is 58.3 Å². The summed E-state index contributed by atoms with van der Waals surface area (Å²) in [5.41, 5.74) is -0.121. The molecular weight excluding hydrogens is 378 g/mol. The Hall–Kier alpha value is -1.67. The first-order valence-electron chi connectivity index (χ1n) is 6.67. The summed E-state index contributed by atoms with van der Waals surface area (Å²) in [6, 6.07) is 9.22. The quantitative estimate of drug-likeness (QED) is 0.850. The van der Waals surface area contributed by atoms with Crippen molar-refractivity contribution in [1.29, 1.82) is 0 Å². The van der Waals surface area contributed by atoms with Gasteiger partial charge in [-0.3, -0.25) is 4.79 Å². The van der Waals surface area contributed by atoms with Crippen molar-refractivity contribution in [1.82, 2.24) is 4.31 Å². The molecule has 0 aliphatic carbocycles. The summed E-state index contributed by atoms with van der Waals surface area (Å²) >= 11 is 11.5. The third-order valence-corrected chi connectivity index (χ3v) is 5.40. The van der Waals surface area contributed by atoms with Crippen LogP contribution in [-0.2, 0) is 14.8 Å². The second-order valence-corrected chi connectivity index (χ2v) is 7.81. The highest BCUT2D eigenvalue weighted by Crippen LogP contribution is 2.20. The molecule has 0 spiro atoms. The van der Waals surface area contributed by atoms with Crippen LogP contribution >= 0.6 is 23.2 Å². The fraction of sp³-hybridized carbons (Fsp3) is 0.133. The van der Waals surface area contributed by atoms with Gasteiger partial charge in [-0.1, -0.05) is 23.2 Å². The maximum absolute atomic E-state index is 13.6. The van der Waals surface area contributed by atoms with Crippen LogP contribution in [0.5, 0.6) is 0 Å². The number of nitrogens with one attached hydrogen (secondary N) is 1. The highest BCUT2D eigenvalue weighted by atomic mass is 35.5. The average molecular weight is 391 g/mol. The minimum Gasteiger partial charge on any atom is -0.322 e. The largest absolute Gasteiger partial charge is 0.322 e. The van der Waals surface area contributed by atoms with Crippen LogP contribution in [0.4, 0.5) is 10.1 Å². The van der Waals surface area contributed by atoms with E-state index in [1.807, 2.05) is 0 Å². The molecule has 0 heterocycles. The van der Waals surface area contributed by atoms with Gasteiger partial charge in [0.25, 0.3) is 0 Å². The number of sulfonamides is 1. The van der Waals surface area contributed by atoms with Crippen LogP contribution in [0.15, 0.2) is 47.4 Å². The number of amides is 1. The molecule has 5 nitrogen and oxygen atoms in total. The van der Waals surface area contributed by atoms with Gasteiger partial charge in [-0.05, 0) is 42.5 Å². The fourth-order valence-electron chi connectivity index (χ4n) is 1.86. The lowest BCUT2D eigenvalue weighted by Crippen LogP contribution is -2.35. The normalized spacial score (nSPS) is 11.5. The van der Waals surface area contributed by atoms with Crippen molar-refractivity contribution < 1.29 is 17.6 Å². The smallest absolute Gasteiger partial charge is 0.243 e. The summed E-state index contributed by atoms with van der Waals surface area (Å²) in [6.07, 6.45) is 0. The van der Waals surface area contributed by atoms with E-state index >= 15 is 0 Å². The Morgan fingerprint density at radius 1 is 1.12 bits per heavy atom. The average Bonchev–Trinajstić information content (AvgIpc) is 2.51. The number of carbonyl (C=O) groups excluding carboxylic acids is 1. The Morgan fingerprint density at radius 2 is 1.71 bits per heavy atom. The third kappa shape index (κ3) is 4.45. The van der Waals surface area contributed by atoms with Crippen LogP contribution < -0.4 is 5.32 Å². The molecule has 24 heavy (non-hydrogen) atoms. The Kier molecular flexibility index (Phi) is 5.82. The molecule has 0 aliphatic rings. The highest BCUT2D eigenvalue weighted by molar-refractivity contribution is 7.89.